The zero-order valence-corrected chi connectivity index (χ0v) is 29.1. The predicted molar refractivity (Wildman–Crippen MR) is 162 cm³/mol. The molecule has 0 aliphatic carbocycles. The minimum Gasteiger partial charge on any atom is -0.456 e. The summed E-state index contributed by atoms with van der Waals surface area (Å²) in [7, 11) is -2.35. The second-order valence-electron chi connectivity index (χ2n) is 14.2. The number of esters is 3. The first-order valence-electron chi connectivity index (χ1n) is 14.1. The summed E-state index contributed by atoms with van der Waals surface area (Å²) in [6.07, 6.45) is -0.951. The second kappa shape index (κ2) is 13.0. The second-order valence-corrected chi connectivity index (χ2v) is 20.1. The van der Waals surface area contributed by atoms with E-state index in [9.17, 15) is 28.8 Å². The minimum atomic E-state index is -2.35. The third-order valence-electron chi connectivity index (χ3n) is 7.32. The van der Waals surface area contributed by atoms with Crippen LogP contribution < -0.4 is 0 Å². The normalized spacial score (nSPS) is 18.4. The SMILES string of the molecule is CC(O[Si](C)(C)C(C)(C)C)C1C(=O)N(C(=O)C(=O)OCOC(=O)C(C)(C)C)C1CC(=O)c1ccc(C(=O)OC(C)(C)C)s1. The number of nitrogens with zero attached hydrogens (tertiary/aromatic N) is 1. The van der Waals surface area contributed by atoms with E-state index in [2.05, 4.69) is 0 Å². The number of rotatable bonds is 9. The highest BCUT2D eigenvalue weighted by Crippen LogP contribution is 2.41. The van der Waals surface area contributed by atoms with Gasteiger partial charge in [0.05, 0.1) is 28.4 Å². The average molecular weight is 640 g/mol. The summed E-state index contributed by atoms with van der Waals surface area (Å²) < 4.78 is 21.5. The van der Waals surface area contributed by atoms with Crippen LogP contribution in [0.1, 0.15) is 95.0 Å². The Morgan fingerprint density at radius 1 is 0.930 bits per heavy atom. The van der Waals surface area contributed by atoms with E-state index in [0.717, 1.165) is 11.3 Å². The van der Waals surface area contributed by atoms with Crippen LogP contribution in [-0.4, -0.2) is 73.3 Å². The van der Waals surface area contributed by atoms with Crippen LogP contribution >= 0.6 is 11.3 Å². The number of carbonyl (C=O) groups is 6. The summed E-state index contributed by atoms with van der Waals surface area (Å²) in [6, 6.07) is 1.97. The molecule has 0 N–H and O–H groups in total. The molecule has 0 spiro atoms. The van der Waals surface area contributed by atoms with Gasteiger partial charge in [-0.25, -0.2) is 9.59 Å². The zero-order chi connectivity index (χ0) is 33.3. The van der Waals surface area contributed by atoms with Crippen molar-refractivity contribution in [2.24, 2.45) is 11.3 Å². The van der Waals surface area contributed by atoms with E-state index in [-0.39, 0.29) is 21.2 Å². The molecule has 240 valence electrons. The number of Topliss-reactive ketones (excluding diaryl/α,β-unsaturated/α-hetero) is 1. The summed E-state index contributed by atoms with van der Waals surface area (Å²) in [4.78, 5) is 77.9. The molecular formula is C30H45NO10SSi. The highest BCUT2D eigenvalue weighted by atomic mass is 32.1. The number of imide groups is 1. The van der Waals surface area contributed by atoms with Gasteiger partial charge >= 0.3 is 23.8 Å². The number of likely N-dealkylation sites (tertiary alicyclic amines) is 1. The quantitative estimate of drug-likeness (QED) is 0.0891. The molecule has 43 heavy (non-hydrogen) atoms. The Balaban J connectivity index is 2.28. The average Bonchev–Trinajstić information content (AvgIpc) is 3.31. The van der Waals surface area contributed by atoms with Crippen molar-refractivity contribution in [2.75, 3.05) is 6.79 Å². The van der Waals surface area contributed by atoms with Crippen molar-refractivity contribution in [1.82, 2.24) is 4.90 Å². The molecule has 0 aromatic carbocycles. The molecule has 1 aliphatic heterocycles. The Kier molecular flexibility index (Phi) is 11.0. The standard InChI is InChI=1S/C30H45NO10SSi/c1-17(41-43(11,12)30(8,9)10)22-18(15-19(32)20-13-14-21(42-20)25(35)40-29(5,6)7)31(23(22)33)24(34)26(36)38-16-39-27(37)28(2,3)4/h13-14,17-18,22H,15-16H2,1-12H3. The number of ketones is 1. The number of β-lactam (4-membered cyclic amide) rings is 1. The molecule has 0 radical (unpaired) electrons. The van der Waals surface area contributed by atoms with Crippen LogP contribution in [0.2, 0.25) is 18.1 Å². The Hall–Kier alpha value is -2.90. The molecule has 1 saturated heterocycles. The molecule has 3 unspecified atom stereocenters. The molecule has 1 aromatic rings. The number of ether oxygens (including phenoxy) is 3. The topological polar surface area (TPSA) is 143 Å². The number of hydrogen-bond donors (Lipinski definition) is 0. The first-order valence-corrected chi connectivity index (χ1v) is 17.9. The molecule has 0 saturated carbocycles. The molecule has 2 heterocycles. The molecular weight excluding hydrogens is 594 g/mol. The lowest BCUT2D eigenvalue weighted by Gasteiger charge is -2.49. The van der Waals surface area contributed by atoms with E-state index in [1.807, 2.05) is 33.9 Å². The van der Waals surface area contributed by atoms with Crippen LogP contribution in [0.25, 0.3) is 0 Å². The molecule has 1 aliphatic rings. The Morgan fingerprint density at radius 2 is 1.49 bits per heavy atom. The maximum atomic E-state index is 13.4. The van der Waals surface area contributed by atoms with Gasteiger partial charge in [0.15, 0.2) is 14.1 Å². The molecule has 13 heteroatoms. The van der Waals surface area contributed by atoms with Crippen molar-refractivity contribution in [3.05, 3.63) is 21.9 Å². The van der Waals surface area contributed by atoms with E-state index < -0.39 is 79.7 Å². The lowest BCUT2D eigenvalue weighted by atomic mass is 9.80. The van der Waals surface area contributed by atoms with E-state index >= 15 is 0 Å². The third kappa shape index (κ3) is 9.05. The molecule has 3 atom stereocenters. The first kappa shape index (κ1) is 36.3. The van der Waals surface area contributed by atoms with Crippen LogP contribution in [0.15, 0.2) is 12.1 Å². The van der Waals surface area contributed by atoms with Gasteiger partial charge in [-0.3, -0.25) is 24.1 Å². The smallest absolute Gasteiger partial charge is 0.400 e. The van der Waals surface area contributed by atoms with Crippen LogP contribution in [0.5, 0.6) is 0 Å². The van der Waals surface area contributed by atoms with Crippen molar-refractivity contribution >= 4 is 55.2 Å². The monoisotopic (exact) mass is 639 g/mol. The van der Waals surface area contributed by atoms with Gasteiger partial charge in [-0.1, -0.05) is 20.8 Å². The fraction of sp³-hybridized carbons (Fsp3) is 0.667. The summed E-state index contributed by atoms with van der Waals surface area (Å²) in [5, 5.41) is -0.168. The van der Waals surface area contributed by atoms with Crippen LogP contribution in [0.3, 0.4) is 0 Å². The lowest BCUT2D eigenvalue weighted by Crippen LogP contribution is -2.68. The van der Waals surface area contributed by atoms with Gasteiger partial charge in [0.2, 0.25) is 12.7 Å². The molecule has 2 amide bonds. The van der Waals surface area contributed by atoms with Gasteiger partial charge in [0, 0.05) is 6.42 Å². The van der Waals surface area contributed by atoms with Gasteiger partial charge < -0.3 is 18.6 Å². The lowest BCUT2D eigenvalue weighted by molar-refractivity contribution is -0.186. The van der Waals surface area contributed by atoms with E-state index in [0.29, 0.717) is 4.90 Å². The van der Waals surface area contributed by atoms with E-state index in [1.54, 1.807) is 48.5 Å². The fourth-order valence-electron chi connectivity index (χ4n) is 3.99. The maximum Gasteiger partial charge on any atom is 0.400 e. The molecule has 11 nitrogen and oxygen atoms in total. The molecule has 1 fully saturated rings. The van der Waals surface area contributed by atoms with Crippen molar-refractivity contribution in [3.8, 4) is 0 Å². The van der Waals surface area contributed by atoms with Crippen LogP contribution in [-0.2, 0) is 37.8 Å². The molecule has 1 aromatic heterocycles. The zero-order valence-electron chi connectivity index (χ0n) is 27.2. The van der Waals surface area contributed by atoms with Crippen molar-refractivity contribution in [3.63, 3.8) is 0 Å². The van der Waals surface area contributed by atoms with Crippen LogP contribution in [0, 0.1) is 11.3 Å². The van der Waals surface area contributed by atoms with Gasteiger partial charge in [0.1, 0.15) is 10.5 Å². The van der Waals surface area contributed by atoms with E-state index in [1.165, 1.54) is 12.1 Å². The van der Waals surface area contributed by atoms with Gasteiger partial charge in [0.25, 0.3) is 0 Å². The molecule has 0 bridgehead atoms. The van der Waals surface area contributed by atoms with E-state index in [4.69, 9.17) is 18.6 Å². The first-order chi connectivity index (χ1) is 19.4. The van der Waals surface area contributed by atoms with Crippen molar-refractivity contribution in [2.45, 2.75) is 112 Å². The minimum absolute atomic E-state index is 0.168. The summed E-state index contributed by atoms with van der Waals surface area (Å²) >= 11 is 0.945. The van der Waals surface area contributed by atoms with Gasteiger partial charge in [-0.05, 0) is 78.7 Å². The number of amides is 2. The predicted octanol–water partition coefficient (Wildman–Crippen LogP) is 5.13. The van der Waals surface area contributed by atoms with Gasteiger partial charge in [-0.2, -0.15) is 0 Å². The number of hydrogen-bond acceptors (Lipinski definition) is 11. The van der Waals surface area contributed by atoms with Crippen molar-refractivity contribution in [1.29, 1.82) is 0 Å². The molecule has 2 rings (SSSR count). The van der Waals surface area contributed by atoms with Crippen molar-refractivity contribution < 1.29 is 47.4 Å². The van der Waals surface area contributed by atoms with Gasteiger partial charge in [-0.15, -0.1) is 11.3 Å². The Bertz CT molecular complexity index is 1260. The summed E-state index contributed by atoms with van der Waals surface area (Å²) in [5.74, 6) is -5.85. The maximum absolute atomic E-state index is 13.4. The number of thiophene rings is 1. The largest absolute Gasteiger partial charge is 0.456 e. The highest BCUT2D eigenvalue weighted by Gasteiger charge is 2.56. The highest BCUT2D eigenvalue weighted by molar-refractivity contribution is 7.15. The number of carbonyl (C=O) groups excluding carboxylic acids is 6. The van der Waals surface area contributed by atoms with Crippen LogP contribution in [0.4, 0.5) is 0 Å². The summed E-state index contributed by atoms with van der Waals surface area (Å²) in [5.41, 5.74) is -1.57. The summed E-state index contributed by atoms with van der Waals surface area (Å²) in [6.45, 7) is 21.1. The Morgan fingerprint density at radius 3 is 2.00 bits per heavy atom. The fourth-order valence-corrected chi connectivity index (χ4v) is 6.25. The third-order valence-corrected chi connectivity index (χ3v) is 13.0. The Labute approximate surface area is 258 Å².